The van der Waals surface area contributed by atoms with Crippen LogP contribution < -0.4 is 5.32 Å². The molecule has 0 spiro atoms. The van der Waals surface area contributed by atoms with Crippen LogP contribution in [0.1, 0.15) is 28.8 Å². The number of aliphatic hydroxyl groups excluding tert-OH is 1. The highest BCUT2D eigenvalue weighted by atomic mass is 19.1. The summed E-state index contributed by atoms with van der Waals surface area (Å²) in [5, 5.41) is 21.0. The van der Waals surface area contributed by atoms with E-state index in [1.165, 1.54) is 12.1 Å². The summed E-state index contributed by atoms with van der Waals surface area (Å²) in [6, 6.07) is 3.93. The van der Waals surface area contributed by atoms with Crippen LogP contribution in [0, 0.1) is 5.82 Å². The quantitative estimate of drug-likeness (QED) is 0.737. The molecule has 5 heteroatoms. The highest BCUT2D eigenvalue weighted by Gasteiger charge is 2.26. The van der Waals surface area contributed by atoms with Gasteiger partial charge < -0.3 is 15.5 Å². The topological polar surface area (TPSA) is 69.6 Å². The largest absolute Gasteiger partial charge is 0.478 e. The van der Waals surface area contributed by atoms with Crippen LogP contribution in [0.25, 0.3) is 0 Å². The van der Waals surface area contributed by atoms with Crippen molar-refractivity contribution < 1.29 is 19.4 Å². The molecular formula is C12H14FNO3. The molecule has 0 radical (unpaired) electrons. The van der Waals surface area contributed by atoms with E-state index in [1.807, 2.05) is 0 Å². The zero-order chi connectivity index (χ0) is 12.4. The maximum absolute atomic E-state index is 13.4. The Labute approximate surface area is 98.1 Å². The Balaban J connectivity index is 1.99. The Kier molecular flexibility index (Phi) is 3.40. The van der Waals surface area contributed by atoms with Crippen molar-refractivity contribution in [2.45, 2.75) is 31.5 Å². The van der Waals surface area contributed by atoms with E-state index in [0.717, 1.165) is 6.07 Å². The van der Waals surface area contributed by atoms with Gasteiger partial charge in [-0.25, -0.2) is 9.18 Å². The Morgan fingerprint density at radius 3 is 2.76 bits per heavy atom. The standard InChI is InChI=1S/C12H14FNO3/c13-11-2-1-7(12(16)17)3-8(11)6-14-9-4-10(15)5-9/h1-3,9-10,14-15H,4-6H2,(H,16,17). The fraction of sp³-hybridized carbons (Fsp3) is 0.417. The van der Waals surface area contributed by atoms with Crippen LogP contribution in [0.5, 0.6) is 0 Å². The first-order chi connectivity index (χ1) is 8.06. The van der Waals surface area contributed by atoms with Crippen molar-refractivity contribution in [1.29, 1.82) is 0 Å². The van der Waals surface area contributed by atoms with E-state index in [2.05, 4.69) is 5.32 Å². The number of halogens is 1. The third-order valence-electron chi connectivity index (χ3n) is 2.99. The number of aromatic carboxylic acids is 1. The second kappa shape index (κ2) is 4.81. The van der Waals surface area contributed by atoms with Crippen LogP contribution in [-0.4, -0.2) is 28.3 Å². The van der Waals surface area contributed by atoms with Crippen molar-refractivity contribution in [3.8, 4) is 0 Å². The molecule has 0 unspecified atom stereocenters. The molecule has 2 rings (SSSR count). The number of hydrogen-bond donors (Lipinski definition) is 3. The lowest BCUT2D eigenvalue weighted by atomic mass is 9.89. The Hall–Kier alpha value is -1.46. The van der Waals surface area contributed by atoms with Gasteiger partial charge in [-0.3, -0.25) is 0 Å². The van der Waals surface area contributed by atoms with Crippen LogP contribution in [0.4, 0.5) is 4.39 Å². The fourth-order valence-corrected chi connectivity index (χ4v) is 1.85. The van der Waals surface area contributed by atoms with Gasteiger partial charge in [0.05, 0.1) is 11.7 Å². The third kappa shape index (κ3) is 2.81. The predicted octanol–water partition coefficient (Wildman–Crippen LogP) is 1.14. The lowest BCUT2D eigenvalue weighted by Crippen LogP contribution is -2.43. The summed E-state index contributed by atoms with van der Waals surface area (Å²) < 4.78 is 13.4. The van der Waals surface area contributed by atoms with Crippen LogP contribution in [0.15, 0.2) is 18.2 Å². The molecule has 0 amide bonds. The van der Waals surface area contributed by atoms with E-state index >= 15 is 0 Å². The molecule has 0 heterocycles. The molecule has 1 aliphatic carbocycles. The summed E-state index contributed by atoms with van der Waals surface area (Å²) in [5.41, 5.74) is 0.420. The van der Waals surface area contributed by atoms with Crippen molar-refractivity contribution in [2.24, 2.45) is 0 Å². The molecule has 0 bridgehead atoms. The smallest absolute Gasteiger partial charge is 0.335 e. The summed E-state index contributed by atoms with van der Waals surface area (Å²) in [6.45, 7) is 0.282. The monoisotopic (exact) mass is 239 g/mol. The molecule has 0 atom stereocenters. The van der Waals surface area contributed by atoms with Gasteiger partial charge in [-0.2, -0.15) is 0 Å². The van der Waals surface area contributed by atoms with Crippen molar-refractivity contribution in [3.63, 3.8) is 0 Å². The fourth-order valence-electron chi connectivity index (χ4n) is 1.85. The lowest BCUT2D eigenvalue weighted by Gasteiger charge is -2.32. The van der Waals surface area contributed by atoms with Crippen LogP contribution >= 0.6 is 0 Å². The summed E-state index contributed by atoms with van der Waals surface area (Å²) in [5.74, 6) is -1.48. The average Bonchev–Trinajstić information content (AvgIpc) is 2.24. The molecule has 1 fully saturated rings. The maximum atomic E-state index is 13.4. The zero-order valence-corrected chi connectivity index (χ0v) is 9.19. The minimum Gasteiger partial charge on any atom is -0.478 e. The first-order valence-corrected chi connectivity index (χ1v) is 5.49. The van der Waals surface area contributed by atoms with Crippen LogP contribution in [-0.2, 0) is 6.54 Å². The van der Waals surface area contributed by atoms with Crippen molar-refractivity contribution in [1.82, 2.24) is 5.32 Å². The van der Waals surface area contributed by atoms with E-state index < -0.39 is 11.8 Å². The summed E-state index contributed by atoms with van der Waals surface area (Å²) in [6.07, 6.45) is 1.07. The molecule has 0 aromatic heterocycles. The van der Waals surface area contributed by atoms with Crippen LogP contribution in [0.3, 0.4) is 0 Å². The van der Waals surface area contributed by atoms with E-state index in [-0.39, 0.29) is 24.3 Å². The maximum Gasteiger partial charge on any atom is 0.335 e. The van der Waals surface area contributed by atoms with Gasteiger partial charge in [-0.15, -0.1) is 0 Å². The minimum atomic E-state index is -1.06. The first kappa shape index (κ1) is 12.0. The van der Waals surface area contributed by atoms with Crippen molar-refractivity contribution in [3.05, 3.63) is 35.1 Å². The number of carboxylic acid groups (broad SMARTS) is 1. The van der Waals surface area contributed by atoms with Crippen molar-refractivity contribution >= 4 is 5.97 Å². The molecule has 0 aliphatic heterocycles. The molecule has 3 N–H and O–H groups in total. The second-order valence-corrected chi connectivity index (χ2v) is 4.31. The molecular weight excluding hydrogens is 225 g/mol. The lowest BCUT2D eigenvalue weighted by molar-refractivity contribution is 0.0618. The highest BCUT2D eigenvalue weighted by molar-refractivity contribution is 5.87. The molecule has 1 saturated carbocycles. The molecule has 92 valence electrons. The Morgan fingerprint density at radius 1 is 1.47 bits per heavy atom. The number of rotatable bonds is 4. The van der Waals surface area contributed by atoms with Gasteiger partial charge >= 0.3 is 5.97 Å². The predicted molar refractivity (Wildman–Crippen MR) is 59.2 cm³/mol. The first-order valence-electron chi connectivity index (χ1n) is 5.49. The molecule has 4 nitrogen and oxygen atoms in total. The van der Waals surface area contributed by atoms with E-state index in [9.17, 15) is 9.18 Å². The van der Waals surface area contributed by atoms with Gasteiger partial charge in [0, 0.05) is 18.2 Å². The average molecular weight is 239 g/mol. The third-order valence-corrected chi connectivity index (χ3v) is 2.99. The minimum absolute atomic E-state index is 0.0804. The normalized spacial score (nSPS) is 23.2. The van der Waals surface area contributed by atoms with Gasteiger partial charge in [-0.05, 0) is 31.0 Å². The molecule has 1 aromatic rings. The van der Waals surface area contributed by atoms with Crippen molar-refractivity contribution in [2.75, 3.05) is 0 Å². The van der Waals surface area contributed by atoms with Crippen LogP contribution in [0.2, 0.25) is 0 Å². The van der Waals surface area contributed by atoms with E-state index in [1.54, 1.807) is 0 Å². The summed E-state index contributed by atoms with van der Waals surface area (Å²) >= 11 is 0. The number of hydrogen-bond acceptors (Lipinski definition) is 3. The van der Waals surface area contributed by atoms with Gasteiger partial charge in [0.2, 0.25) is 0 Å². The second-order valence-electron chi connectivity index (χ2n) is 4.31. The number of nitrogens with one attached hydrogen (secondary N) is 1. The molecule has 17 heavy (non-hydrogen) atoms. The van der Waals surface area contributed by atoms with E-state index in [4.69, 9.17) is 10.2 Å². The number of carbonyl (C=O) groups is 1. The Bertz CT molecular complexity index is 430. The SMILES string of the molecule is O=C(O)c1ccc(F)c(CNC2CC(O)C2)c1. The van der Waals surface area contributed by atoms with E-state index in [0.29, 0.717) is 18.4 Å². The zero-order valence-electron chi connectivity index (χ0n) is 9.19. The number of aliphatic hydroxyl groups is 1. The van der Waals surface area contributed by atoms with Gasteiger partial charge in [0.15, 0.2) is 0 Å². The highest BCUT2D eigenvalue weighted by Crippen LogP contribution is 2.20. The van der Waals surface area contributed by atoms with Gasteiger partial charge in [0.25, 0.3) is 0 Å². The summed E-state index contributed by atoms with van der Waals surface area (Å²) in [4.78, 5) is 10.7. The number of carboxylic acids is 1. The molecule has 1 aliphatic rings. The number of benzene rings is 1. The molecule has 1 aromatic carbocycles. The Morgan fingerprint density at radius 2 is 2.18 bits per heavy atom. The molecule has 0 saturated heterocycles. The van der Waals surface area contributed by atoms with Gasteiger partial charge in [-0.1, -0.05) is 0 Å². The summed E-state index contributed by atoms with van der Waals surface area (Å²) in [7, 11) is 0. The van der Waals surface area contributed by atoms with Gasteiger partial charge in [0.1, 0.15) is 5.82 Å².